The molecule has 0 aromatic rings. The van der Waals surface area contributed by atoms with E-state index in [4.69, 9.17) is 10.5 Å². The highest BCUT2D eigenvalue weighted by Crippen LogP contribution is 2.12. The zero-order valence-corrected chi connectivity index (χ0v) is 9.13. The third-order valence-electron chi connectivity index (χ3n) is 2.56. The summed E-state index contributed by atoms with van der Waals surface area (Å²) in [5.41, 5.74) is 5.32. The molecule has 1 saturated heterocycles. The van der Waals surface area contributed by atoms with Gasteiger partial charge in [0.2, 0.25) is 0 Å². The second-order valence-corrected chi connectivity index (χ2v) is 3.83. The summed E-state index contributed by atoms with van der Waals surface area (Å²) in [6.45, 7) is 3.65. The number of carbonyl (C=O) groups excluding carboxylic acids is 1. The van der Waals surface area contributed by atoms with E-state index in [1.165, 1.54) is 0 Å². The Kier molecular flexibility index (Phi) is 6.11. The van der Waals surface area contributed by atoms with Gasteiger partial charge in [-0.3, -0.25) is 0 Å². The average molecular weight is 215 g/mol. The van der Waals surface area contributed by atoms with E-state index in [2.05, 4.69) is 10.6 Å². The second kappa shape index (κ2) is 7.48. The highest BCUT2D eigenvalue weighted by molar-refractivity contribution is 5.73. The van der Waals surface area contributed by atoms with Crippen molar-refractivity contribution in [1.29, 1.82) is 0 Å². The minimum absolute atomic E-state index is 0.0880. The van der Waals surface area contributed by atoms with Crippen molar-refractivity contribution in [1.82, 2.24) is 10.6 Å². The molecule has 5 nitrogen and oxygen atoms in total. The fourth-order valence-corrected chi connectivity index (χ4v) is 1.55. The van der Waals surface area contributed by atoms with Gasteiger partial charge in [-0.15, -0.1) is 0 Å². The van der Waals surface area contributed by atoms with Crippen molar-refractivity contribution in [2.75, 3.05) is 32.8 Å². The molecule has 15 heavy (non-hydrogen) atoms. The van der Waals surface area contributed by atoms with Gasteiger partial charge >= 0.3 is 6.03 Å². The fraction of sp³-hybridized carbons (Fsp3) is 0.900. The lowest BCUT2D eigenvalue weighted by Crippen LogP contribution is -2.40. The monoisotopic (exact) mass is 215 g/mol. The predicted octanol–water partition coefficient (Wildman–Crippen LogP) is 0.0610. The van der Waals surface area contributed by atoms with E-state index in [1.54, 1.807) is 0 Å². The van der Waals surface area contributed by atoms with Crippen molar-refractivity contribution in [2.45, 2.75) is 19.3 Å². The molecule has 5 heteroatoms. The normalized spacial score (nSPS) is 17.4. The van der Waals surface area contributed by atoms with Crippen LogP contribution < -0.4 is 16.4 Å². The Labute approximate surface area is 90.7 Å². The minimum Gasteiger partial charge on any atom is -0.381 e. The van der Waals surface area contributed by atoms with Gasteiger partial charge in [0.15, 0.2) is 0 Å². The topological polar surface area (TPSA) is 76.4 Å². The van der Waals surface area contributed by atoms with Crippen LogP contribution in [-0.2, 0) is 4.74 Å². The van der Waals surface area contributed by atoms with Gasteiger partial charge in [-0.25, -0.2) is 4.79 Å². The number of nitrogens with one attached hydrogen (secondary N) is 2. The van der Waals surface area contributed by atoms with Gasteiger partial charge < -0.3 is 21.1 Å². The maximum atomic E-state index is 11.3. The van der Waals surface area contributed by atoms with Crippen molar-refractivity contribution < 1.29 is 9.53 Å². The van der Waals surface area contributed by atoms with Crippen LogP contribution in [0.4, 0.5) is 4.79 Å². The Balaban J connectivity index is 2.00. The first kappa shape index (κ1) is 12.3. The molecule has 0 unspecified atom stereocenters. The van der Waals surface area contributed by atoms with Crippen molar-refractivity contribution in [2.24, 2.45) is 11.7 Å². The van der Waals surface area contributed by atoms with E-state index < -0.39 is 0 Å². The molecular formula is C10H21N3O2. The van der Waals surface area contributed by atoms with Crippen LogP contribution in [0.15, 0.2) is 0 Å². The smallest absolute Gasteiger partial charge is 0.314 e. The summed E-state index contributed by atoms with van der Waals surface area (Å²) in [4.78, 5) is 11.3. The van der Waals surface area contributed by atoms with Gasteiger partial charge in [-0.05, 0) is 31.7 Å². The number of hydrogen-bond acceptors (Lipinski definition) is 3. The molecule has 88 valence electrons. The largest absolute Gasteiger partial charge is 0.381 e. The molecule has 0 atom stereocenters. The minimum atomic E-state index is -0.0880. The van der Waals surface area contributed by atoms with Gasteiger partial charge in [0.05, 0.1) is 0 Å². The molecule has 1 fully saturated rings. The van der Waals surface area contributed by atoms with Gasteiger partial charge in [-0.1, -0.05) is 0 Å². The number of urea groups is 1. The molecule has 4 N–H and O–H groups in total. The summed E-state index contributed by atoms with van der Waals surface area (Å²) in [6.07, 6.45) is 2.91. The maximum absolute atomic E-state index is 11.3. The van der Waals surface area contributed by atoms with Crippen molar-refractivity contribution in [3.63, 3.8) is 0 Å². The van der Waals surface area contributed by atoms with Crippen LogP contribution in [0.5, 0.6) is 0 Å². The number of ether oxygens (including phenoxy) is 1. The molecule has 0 radical (unpaired) electrons. The van der Waals surface area contributed by atoms with E-state index in [1.807, 2.05) is 0 Å². The van der Waals surface area contributed by atoms with Crippen molar-refractivity contribution in [3.8, 4) is 0 Å². The molecule has 0 aromatic carbocycles. The van der Waals surface area contributed by atoms with E-state index in [9.17, 15) is 4.79 Å². The third-order valence-corrected chi connectivity index (χ3v) is 2.56. The number of rotatable bonds is 5. The third kappa shape index (κ3) is 5.59. The van der Waals surface area contributed by atoms with E-state index in [-0.39, 0.29) is 6.03 Å². The van der Waals surface area contributed by atoms with Crippen LogP contribution in [0.2, 0.25) is 0 Å². The highest BCUT2D eigenvalue weighted by Gasteiger charge is 2.14. The molecule has 0 spiro atoms. The Morgan fingerprint density at radius 1 is 1.33 bits per heavy atom. The predicted molar refractivity (Wildman–Crippen MR) is 58.6 cm³/mol. The molecule has 1 aliphatic rings. The van der Waals surface area contributed by atoms with Crippen LogP contribution in [0.25, 0.3) is 0 Å². The molecular weight excluding hydrogens is 194 g/mol. The average Bonchev–Trinajstić information content (AvgIpc) is 2.28. The molecule has 0 aromatic heterocycles. The lowest BCUT2D eigenvalue weighted by Gasteiger charge is -2.22. The lowest BCUT2D eigenvalue weighted by molar-refractivity contribution is 0.0669. The van der Waals surface area contributed by atoms with Crippen LogP contribution in [0.3, 0.4) is 0 Å². The van der Waals surface area contributed by atoms with E-state index >= 15 is 0 Å². The number of amides is 2. The van der Waals surface area contributed by atoms with Crippen molar-refractivity contribution >= 4 is 6.03 Å². The zero-order valence-electron chi connectivity index (χ0n) is 9.13. The van der Waals surface area contributed by atoms with Crippen LogP contribution >= 0.6 is 0 Å². The Bertz CT molecular complexity index is 182. The molecule has 0 saturated carbocycles. The first-order chi connectivity index (χ1) is 7.33. The summed E-state index contributed by atoms with van der Waals surface area (Å²) in [6, 6.07) is -0.0880. The second-order valence-electron chi connectivity index (χ2n) is 3.83. The maximum Gasteiger partial charge on any atom is 0.314 e. The summed E-state index contributed by atoms with van der Waals surface area (Å²) >= 11 is 0. The number of carbonyl (C=O) groups is 1. The summed E-state index contributed by atoms with van der Waals surface area (Å²) < 4.78 is 5.24. The molecule has 1 heterocycles. The number of nitrogens with two attached hydrogens (primary N) is 1. The van der Waals surface area contributed by atoms with Gasteiger partial charge in [-0.2, -0.15) is 0 Å². The summed E-state index contributed by atoms with van der Waals surface area (Å²) in [7, 11) is 0. The summed E-state index contributed by atoms with van der Waals surface area (Å²) in [5, 5.41) is 5.63. The first-order valence-electron chi connectivity index (χ1n) is 5.62. The van der Waals surface area contributed by atoms with Crippen LogP contribution in [0.1, 0.15) is 19.3 Å². The molecule has 1 rings (SSSR count). The zero-order chi connectivity index (χ0) is 10.9. The van der Waals surface area contributed by atoms with Gasteiger partial charge in [0.25, 0.3) is 0 Å². The van der Waals surface area contributed by atoms with Crippen molar-refractivity contribution in [3.05, 3.63) is 0 Å². The van der Waals surface area contributed by atoms with Crippen LogP contribution in [-0.4, -0.2) is 38.9 Å². The first-order valence-corrected chi connectivity index (χ1v) is 5.62. The Morgan fingerprint density at radius 3 is 2.73 bits per heavy atom. The quantitative estimate of drug-likeness (QED) is 0.568. The SMILES string of the molecule is NCCCNC(=O)NCC1CCOCC1. The summed E-state index contributed by atoms with van der Waals surface area (Å²) in [5.74, 6) is 0.569. The molecule has 0 bridgehead atoms. The van der Waals surface area contributed by atoms with Gasteiger partial charge in [0, 0.05) is 26.3 Å². The molecule has 2 amide bonds. The highest BCUT2D eigenvalue weighted by atomic mass is 16.5. The standard InChI is InChI=1S/C10H21N3O2/c11-4-1-5-12-10(14)13-8-9-2-6-15-7-3-9/h9H,1-8,11H2,(H2,12,13,14). The molecule has 0 aliphatic carbocycles. The fourth-order valence-electron chi connectivity index (χ4n) is 1.55. The van der Waals surface area contributed by atoms with Gasteiger partial charge in [0.1, 0.15) is 0 Å². The molecule has 1 aliphatic heterocycles. The number of hydrogen-bond donors (Lipinski definition) is 3. The lowest BCUT2D eigenvalue weighted by atomic mass is 10.0. The Hall–Kier alpha value is -0.810. The van der Waals surface area contributed by atoms with Crippen LogP contribution in [0, 0.1) is 5.92 Å². The Morgan fingerprint density at radius 2 is 2.07 bits per heavy atom. The van der Waals surface area contributed by atoms with E-state index in [0.717, 1.165) is 39.0 Å². The van der Waals surface area contributed by atoms with E-state index in [0.29, 0.717) is 19.0 Å².